The van der Waals surface area contributed by atoms with Crippen LogP contribution in [0.25, 0.3) is 0 Å². The molecule has 1 atom stereocenters. The summed E-state index contributed by atoms with van der Waals surface area (Å²) in [5, 5.41) is 11.2. The van der Waals surface area contributed by atoms with Crippen molar-refractivity contribution in [1.82, 2.24) is 5.32 Å². The van der Waals surface area contributed by atoms with Crippen LogP contribution in [-0.4, -0.2) is 41.4 Å². The van der Waals surface area contributed by atoms with Crippen molar-refractivity contribution in [2.75, 3.05) is 6.61 Å². The first-order valence-electron chi connectivity index (χ1n) is 6.64. The molecule has 120 valence electrons. The Hall–Kier alpha value is -2.05. The molecule has 0 fully saturated rings. The highest BCUT2D eigenvalue weighted by Crippen LogP contribution is 2.10. The minimum Gasteiger partial charge on any atom is -0.480 e. The number of rotatable bonds is 8. The van der Waals surface area contributed by atoms with Crippen molar-refractivity contribution in [3.63, 3.8) is 0 Å². The largest absolute Gasteiger partial charge is 0.480 e. The molecule has 1 unspecified atom stereocenters. The maximum absolute atomic E-state index is 11.5. The van der Waals surface area contributed by atoms with Gasteiger partial charge in [-0.2, -0.15) is 0 Å². The van der Waals surface area contributed by atoms with Gasteiger partial charge in [-0.3, -0.25) is 4.79 Å². The number of ether oxygens (including phenoxy) is 2. The van der Waals surface area contributed by atoms with E-state index in [0.29, 0.717) is 0 Å². The Morgan fingerprint density at radius 2 is 1.95 bits per heavy atom. The first-order valence-corrected chi connectivity index (χ1v) is 6.64. The van der Waals surface area contributed by atoms with Crippen LogP contribution in [0.4, 0.5) is 4.79 Å². The molecule has 0 saturated heterocycles. The highest BCUT2D eigenvalue weighted by Gasteiger charge is 2.21. The quantitative estimate of drug-likeness (QED) is 0.524. The molecule has 0 heterocycles. The van der Waals surface area contributed by atoms with Gasteiger partial charge in [0.05, 0.1) is 0 Å². The van der Waals surface area contributed by atoms with Crippen LogP contribution in [0.5, 0.6) is 0 Å². The average Bonchev–Trinajstić information content (AvgIpc) is 2.32. The molecule has 0 radical (unpaired) electrons. The zero-order valence-corrected chi connectivity index (χ0v) is 12.7. The number of esters is 1. The lowest BCUT2D eigenvalue weighted by Crippen LogP contribution is -2.41. The normalized spacial score (nSPS) is 12.1. The summed E-state index contributed by atoms with van der Waals surface area (Å²) in [5.74, 6) is -1.59. The summed E-state index contributed by atoms with van der Waals surface area (Å²) < 4.78 is 9.75. The molecule has 0 saturated carbocycles. The Balaban J connectivity index is 4.16. The zero-order chi connectivity index (χ0) is 16.5. The van der Waals surface area contributed by atoms with E-state index in [9.17, 15) is 14.4 Å². The molecule has 7 nitrogen and oxygen atoms in total. The molecule has 0 aromatic heterocycles. The molecule has 0 bridgehead atoms. The molecule has 1 amide bonds. The van der Waals surface area contributed by atoms with Crippen LogP contribution < -0.4 is 5.32 Å². The maximum atomic E-state index is 11.5. The standard InChI is InChI=1S/C14H23NO6/c1-5-9-20-13(19)15-10(12(17)18)7-6-8-11(16)21-14(2,3)4/h5,10H,1,6-9H2,2-4H3,(H,15,19)(H,17,18). The van der Waals surface area contributed by atoms with Crippen molar-refractivity contribution < 1.29 is 29.0 Å². The van der Waals surface area contributed by atoms with Crippen LogP contribution in [0.15, 0.2) is 12.7 Å². The molecule has 0 aliphatic heterocycles. The number of carboxylic acid groups (broad SMARTS) is 1. The number of aliphatic carboxylic acids is 1. The van der Waals surface area contributed by atoms with Gasteiger partial charge in [-0.15, -0.1) is 0 Å². The van der Waals surface area contributed by atoms with Crippen LogP contribution in [0.2, 0.25) is 0 Å². The van der Waals surface area contributed by atoms with Crippen molar-refractivity contribution in [3.05, 3.63) is 12.7 Å². The van der Waals surface area contributed by atoms with Gasteiger partial charge in [0.2, 0.25) is 0 Å². The molecule has 2 N–H and O–H groups in total. The Labute approximate surface area is 124 Å². The number of amides is 1. The molecule has 0 rings (SSSR count). The Morgan fingerprint density at radius 3 is 2.43 bits per heavy atom. The van der Waals surface area contributed by atoms with Gasteiger partial charge in [0, 0.05) is 6.42 Å². The summed E-state index contributed by atoms with van der Waals surface area (Å²) in [6.45, 7) is 8.62. The zero-order valence-electron chi connectivity index (χ0n) is 12.7. The summed E-state index contributed by atoms with van der Waals surface area (Å²) in [6.07, 6.45) is 1.02. The van der Waals surface area contributed by atoms with Gasteiger partial charge in [0.15, 0.2) is 0 Å². The third-order valence-electron chi connectivity index (χ3n) is 2.22. The summed E-state index contributed by atoms with van der Waals surface area (Å²) >= 11 is 0. The average molecular weight is 301 g/mol. The molecule has 0 aromatic rings. The fraction of sp³-hybridized carbons (Fsp3) is 0.643. The second kappa shape index (κ2) is 8.99. The molecule has 21 heavy (non-hydrogen) atoms. The van der Waals surface area contributed by atoms with Gasteiger partial charge in [-0.1, -0.05) is 12.7 Å². The number of nitrogens with one attached hydrogen (secondary N) is 1. The fourth-order valence-electron chi connectivity index (χ4n) is 1.42. The molecule has 7 heteroatoms. The Morgan fingerprint density at radius 1 is 1.33 bits per heavy atom. The first kappa shape index (κ1) is 18.9. The van der Waals surface area contributed by atoms with Crippen LogP contribution in [0.1, 0.15) is 40.0 Å². The predicted molar refractivity (Wildman–Crippen MR) is 75.8 cm³/mol. The fourth-order valence-corrected chi connectivity index (χ4v) is 1.42. The van der Waals surface area contributed by atoms with E-state index in [2.05, 4.69) is 16.6 Å². The van der Waals surface area contributed by atoms with Gasteiger partial charge in [-0.25, -0.2) is 9.59 Å². The summed E-state index contributed by atoms with van der Waals surface area (Å²) in [4.78, 5) is 33.8. The smallest absolute Gasteiger partial charge is 0.408 e. The monoisotopic (exact) mass is 301 g/mol. The number of carbonyl (C=O) groups is 3. The molecule has 0 aliphatic carbocycles. The van der Waals surface area contributed by atoms with Crippen LogP contribution in [0, 0.1) is 0 Å². The third kappa shape index (κ3) is 10.4. The summed E-state index contributed by atoms with van der Waals surface area (Å²) in [6, 6.07) is -1.11. The van der Waals surface area contributed by atoms with Gasteiger partial charge >= 0.3 is 18.0 Å². The third-order valence-corrected chi connectivity index (χ3v) is 2.22. The van der Waals surface area contributed by atoms with E-state index >= 15 is 0 Å². The number of hydrogen-bond donors (Lipinski definition) is 2. The van der Waals surface area contributed by atoms with Crippen LogP contribution in [0.3, 0.4) is 0 Å². The number of alkyl carbamates (subject to hydrolysis) is 1. The molecular formula is C14H23NO6. The van der Waals surface area contributed by atoms with E-state index in [1.54, 1.807) is 20.8 Å². The highest BCUT2D eigenvalue weighted by molar-refractivity contribution is 5.80. The lowest BCUT2D eigenvalue weighted by atomic mass is 10.1. The number of hydrogen-bond acceptors (Lipinski definition) is 5. The minimum absolute atomic E-state index is 0.00389. The highest BCUT2D eigenvalue weighted by atomic mass is 16.6. The maximum Gasteiger partial charge on any atom is 0.408 e. The number of carboxylic acids is 1. The van der Waals surface area contributed by atoms with E-state index in [1.807, 2.05) is 0 Å². The molecule has 0 aromatic carbocycles. The van der Waals surface area contributed by atoms with Gasteiger partial charge < -0.3 is 19.9 Å². The van der Waals surface area contributed by atoms with Crippen molar-refractivity contribution in [2.24, 2.45) is 0 Å². The first-order chi connectivity index (χ1) is 9.65. The van der Waals surface area contributed by atoms with Gasteiger partial charge in [0.1, 0.15) is 18.2 Å². The molecular weight excluding hydrogens is 278 g/mol. The summed E-state index contributed by atoms with van der Waals surface area (Å²) in [5.41, 5.74) is -0.573. The topological polar surface area (TPSA) is 102 Å². The van der Waals surface area contributed by atoms with Crippen molar-refractivity contribution >= 4 is 18.0 Å². The van der Waals surface area contributed by atoms with Gasteiger partial charge in [0.25, 0.3) is 0 Å². The molecule has 0 aliphatic rings. The van der Waals surface area contributed by atoms with Crippen molar-refractivity contribution in [1.29, 1.82) is 0 Å². The SMILES string of the molecule is C=CCOC(=O)NC(CCCC(=O)OC(C)(C)C)C(=O)O. The van der Waals surface area contributed by atoms with Crippen molar-refractivity contribution in [2.45, 2.75) is 51.7 Å². The van der Waals surface area contributed by atoms with Crippen LogP contribution in [-0.2, 0) is 19.1 Å². The van der Waals surface area contributed by atoms with Crippen molar-refractivity contribution in [3.8, 4) is 0 Å². The van der Waals surface area contributed by atoms with E-state index in [4.69, 9.17) is 9.84 Å². The lowest BCUT2D eigenvalue weighted by molar-refractivity contribution is -0.155. The van der Waals surface area contributed by atoms with Crippen LogP contribution >= 0.6 is 0 Å². The van der Waals surface area contributed by atoms with E-state index in [0.717, 1.165) is 0 Å². The Kier molecular flexibility index (Phi) is 8.11. The predicted octanol–water partition coefficient (Wildman–Crippen LogP) is 1.86. The Bertz CT molecular complexity index is 385. The van der Waals surface area contributed by atoms with E-state index in [1.165, 1.54) is 6.08 Å². The second-order valence-electron chi connectivity index (χ2n) is 5.40. The van der Waals surface area contributed by atoms with E-state index in [-0.39, 0.29) is 25.9 Å². The molecule has 0 spiro atoms. The van der Waals surface area contributed by atoms with E-state index < -0.39 is 29.7 Å². The lowest BCUT2D eigenvalue weighted by Gasteiger charge is -2.19. The number of carbonyl (C=O) groups excluding carboxylic acids is 2. The minimum atomic E-state index is -1.19. The second-order valence-corrected chi connectivity index (χ2v) is 5.40. The summed E-state index contributed by atoms with van der Waals surface area (Å²) in [7, 11) is 0. The van der Waals surface area contributed by atoms with Gasteiger partial charge in [-0.05, 0) is 33.6 Å².